The predicted octanol–water partition coefficient (Wildman–Crippen LogP) is 6.51. The summed E-state index contributed by atoms with van der Waals surface area (Å²) in [4.78, 5) is 4.45. The van der Waals surface area contributed by atoms with Gasteiger partial charge in [0.1, 0.15) is 22.4 Å². The summed E-state index contributed by atoms with van der Waals surface area (Å²) in [6, 6.07) is 16.9. The van der Waals surface area contributed by atoms with Gasteiger partial charge in [-0.05, 0) is 48.6 Å². The van der Waals surface area contributed by atoms with E-state index >= 15 is 0 Å². The second-order valence-electron chi connectivity index (χ2n) is 5.73. The molecule has 144 valence electrons. The highest BCUT2D eigenvalue weighted by molar-refractivity contribution is 8.01. The standard InChI is InChI=1S/C19H11ClN4OS4/c20-11-5-7-12(8-6-11)24-19(26)29-18(23-24)27-10-15(25)13(9-21)17-22-14-3-1-2-4-16(14)28-17/h1-8,25H,10H2/b15-13-. The molecular formula is C19H11ClN4OS4. The van der Waals surface area contributed by atoms with E-state index in [0.29, 0.717) is 18.3 Å². The number of halogens is 1. The molecule has 1 N–H and O–H groups in total. The first-order valence-electron chi connectivity index (χ1n) is 8.22. The third kappa shape index (κ3) is 4.37. The fraction of sp³-hybridized carbons (Fsp3) is 0.0526. The first kappa shape index (κ1) is 20.1. The van der Waals surface area contributed by atoms with Crippen LogP contribution in [0.5, 0.6) is 0 Å². The normalized spacial score (nSPS) is 12.0. The second-order valence-corrected chi connectivity index (χ2v) is 10.0. The largest absolute Gasteiger partial charge is 0.510 e. The summed E-state index contributed by atoms with van der Waals surface area (Å²) in [7, 11) is 0. The summed E-state index contributed by atoms with van der Waals surface area (Å²) in [5.41, 5.74) is 1.80. The van der Waals surface area contributed by atoms with Crippen LogP contribution in [-0.4, -0.2) is 25.6 Å². The number of aromatic nitrogens is 3. The lowest BCUT2D eigenvalue weighted by molar-refractivity contribution is 0.421. The maximum Gasteiger partial charge on any atom is 0.184 e. The highest BCUT2D eigenvalue weighted by Crippen LogP contribution is 2.31. The van der Waals surface area contributed by atoms with E-state index in [9.17, 15) is 10.4 Å². The zero-order chi connectivity index (χ0) is 20.4. The summed E-state index contributed by atoms with van der Waals surface area (Å²) in [6.07, 6.45) is 0. The molecule has 2 aromatic carbocycles. The van der Waals surface area contributed by atoms with E-state index in [1.54, 1.807) is 16.8 Å². The molecule has 2 aromatic heterocycles. The van der Waals surface area contributed by atoms with Crippen LogP contribution in [0.2, 0.25) is 5.02 Å². The molecule has 0 spiro atoms. The lowest BCUT2D eigenvalue weighted by Gasteiger charge is -2.01. The predicted molar refractivity (Wildman–Crippen MR) is 123 cm³/mol. The molecule has 0 atom stereocenters. The lowest BCUT2D eigenvalue weighted by atomic mass is 10.2. The molecule has 4 rings (SSSR count). The number of hydrogen-bond donors (Lipinski definition) is 1. The number of nitrogens with zero attached hydrogens (tertiary/aromatic N) is 4. The lowest BCUT2D eigenvalue weighted by Crippen LogP contribution is -1.96. The minimum Gasteiger partial charge on any atom is -0.510 e. The van der Waals surface area contributed by atoms with Gasteiger partial charge in [0.05, 0.1) is 21.7 Å². The Bertz CT molecular complexity index is 1280. The van der Waals surface area contributed by atoms with Crippen LogP contribution in [0, 0.1) is 15.3 Å². The average molecular weight is 475 g/mol. The van der Waals surface area contributed by atoms with E-state index in [4.69, 9.17) is 23.8 Å². The molecule has 29 heavy (non-hydrogen) atoms. The van der Waals surface area contributed by atoms with Gasteiger partial charge >= 0.3 is 0 Å². The highest BCUT2D eigenvalue weighted by Gasteiger charge is 2.15. The van der Waals surface area contributed by atoms with Crippen molar-refractivity contribution < 1.29 is 5.11 Å². The molecule has 0 aliphatic heterocycles. The van der Waals surface area contributed by atoms with Gasteiger partial charge < -0.3 is 5.11 Å². The Morgan fingerprint density at radius 3 is 2.69 bits per heavy atom. The molecule has 0 aliphatic rings. The zero-order valence-electron chi connectivity index (χ0n) is 14.6. The monoisotopic (exact) mass is 474 g/mol. The molecule has 0 saturated carbocycles. The second kappa shape index (κ2) is 8.65. The number of para-hydroxylation sites is 1. The number of hydrogen-bond acceptors (Lipinski definition) is 8. The van der Waals surface area contributed by atoms with Gasteiger partial charge in [0.15, 0.2) is 8.29 Å². The van der Waals surface area contributed by atoms with Crippen LogP contribution in [0.1, 0.15) is 5.01 Å². The number of aliphatic hydroxyl groups is 1. The summed E-state index contributed by atoms with van der Waals surface area (Å²) in [5.74, 6) is 0.164. The van der Waals surface area contributed by atoms with Gasteiger partial charge in [-0.3, -0.25) is 0 Å². The summed E-state index contributed by atoms with van der Waals surface area (Å²) in [6.45, 7) is 0. The van der Waals surface area contributed by atoms with E-state index in [2.05, 4.69) is 16.2 Å². The minimum absolute atomic E-state index is 0.0317. The third-order valence-corrected chi connectivity index (χ3v) is 7.52. The average Bonchev–Trinajstić information content (AvgIpc) is 3.31. The van der Waals surface area contributed by atoms with Gasteiger partial charge in [0.2, 0.25) is 0 Å². The number of fused-ring (bicyclic) bond motifs is 1. The van der Waals surface area contributed by atoms with E-state index in [1.807, 2.05) is 36.4 Å². The van der Waals surface area contributed by atoms with Crippen LogP contribution in [0.4, 0.5) is 0 Å². The van der Waals surface area contributed by atoms with E-state index in [1.165, 1.54) is 34.4 Å². The molecule has 0 aliphatic carbocycles. The molecular weight excluding hydrogens is 464 g/mol. The van der Waals surface area contributed by atoms with Crippen molar-refractivity contribution in [3.05, 3.63) is 68.3 Å². The number of nitriles is 1. The van der Waals surface area contributed by atoms with Crippen LogP contribution in [0.15, 0.2) is 58.6 Å². The Kier molecular flexibility index (Phi) is 5.99. The van der Waals surface area contributed by atoms with Crippen molar-refractivity contribution in [1.82, 2.24) is 14.8 Å². The molecule has 0 fully saturated rings. The third-order valence-electron chi connectivity index (χ3n) is 3.84. The van der Waals surface area contributed by atoms with E-state index < -0.39 is 0 Å². The Morgan fingerprint density at radius 1 is 1.21 bits per heavy atom. The molecule has 10 heteroatoms. The van der Waals surface area contributed by atoms with Gasteiger partial charge in [0.25, 0.3) is 0 Å². The van der Waals surface area contributed by atoms with Crippen LogP contribution in [0.3, 0.4) is 0 Å². The van der Waals surface area contributed by atoms with Gasteiger partial charge in [-0.2, -0.15) is 5.26 Å². The Labute approximate surface area is 188 Å². The molecule has 4 aromatic rings. The molecule has 2 heterocycles. The molecule has 0 radical (unpaired) electrons. The van der Waals surface area contributed by atoms with E-state index in [-0.39, 0.29) is 17.1 Å². The van der Waals surface area contributed by atoms with Crippen molar-refractivity contribution in [3.63, 3.8) is 0 Å². The van der Waals surface area contributed by atoms with Gasteiger partial charge in [-0.25, -0.2) is 9.67 Å². The SMILES string of the molecule is N#C/C(=C(/O)CSc1nn(-c2ccc(Cl)cc2)c(=S)s1)c1nc2ccccc2s1. The number of allylic oxidation sites excluding steroid dienone is 1. The van der Waals surface area contributed by atoms with Crippen molar-refractivity contribution in [3.8, 4) is 11.8 Å². The van der Waals surface area contributed by atoms with Crippen LogP contribution in [0.25, 0.3) is 21.5 Å². The van der Waals surface area contributed by atoms with E-state index in [0.717, 1.165) is 15.9 Å². The topological polar surface area (TPSA) is 74.7 Å². The number of thiazole rings is 1. The highest BCUT2D eigenvalue weighted by atomic mass is 35.5. The first-order chi connectivity index (χ1) is 14.0. The number of benzene rings is 2. The number of aliphatic hydroxyl groups excluding tert-OH is 1. The van der Waals surface area contributed by atoms with Gasteiger partial charge in [-0.15, -0.1) is 16.4 Å². The van der Waals surface area contributed by atoms with Crippen LogP contribution in [-0.2, 0) is 0 Å². The Morgan fingerprint density at radius 2 is 1.97 bits per heavy atom. The first-order valence-corrected chi connectivity index (χ1v) is 11.6. The molecule has 0 amide bonds. The molecule has 0 saturated heterocycles. The van der Waals surface area contributed by atoms with Crippen molar-refractivity contribution >= 4 is 74.0 Å². The smallest absolute Gasteiger partial charge is 0.184 e. The quantitative estimate of drug-likeness (QED) is 0.154. The zero-order valence-corrected chi connectivity index (χ0v) is 18.6. The maximum absolute atomic E-state index is 10.5. The maximum atomic E-state index is 10.5. The Balaban J connectivity index is 1.56. The fourth-order valence-electron chi connectivity index (χ4n) is 2.48. The Hall–Kier alpha value is -2.22. The summed E-state index contributed by atoms with van der Waals surface area (Å²) >= 11 is 15.4. The van der Waals surface area contributed by atoms with Crippen molar-refractivity contribution in [2.24, 2.45) is 0 Å². The van der Waals surface area contributed by atoms with Crippen LogP contribution < -0.4 is 0 Å². The number of thioether (sulfide) groups is 1. The van der Waals surface area contributed by atoms with Gasteiger partial charge in [-0.1, -0.05) is 46.8 Å². The van der Waals surface area contributed by atoms with Gasteiger partial charge in [0, 0.05) is 5.02 Å². The fourth-order valence-corrected chi connectivity index (χ4v) is 5.83. The van der Waals surface area contributed by atoms with Crippen molar-refractivity contribution in [1.29, 1.82) is 5.26 Å². The molecule has 0 unspecified atom stereocenters. The summed E-state index contributed by atoms with van der Waals surface area (Å²) in [5, 5.41) is 25.7. The van der Waals surface area contributed by atoms with Crippen LogP contribution >= 0.6 is 58.3 Å². The minimum atomic E-state index is -0.0317. The molecule has 5 nitrogen and oxygen atoms in total. The summed E-state index contributed by atoms with van der Waals surface area (Å²) < 4.78 is 3.90. The number of rotatable bonds is 5. The van der Waals surface area contributed by atoms with Crippen molar-refractivity contribution in [2.45, 2.75) is 4.34 Å². The van der Waals surface area contributed by atoms with Crippen molar-refractivity contribution in [2.75, 3.05) is 5.75 Å². The molecule has 0 bridgehead atoms.